The lowest BCUT2D eigenvalue weighted by Gasteiger charge is -1.98. The summed E-state index contributed by atoms with van der Waals surface area (Å²) in [6.07, 6.45) is 3.71. The van der Waals surface area contributed by atoms with E-state index in [0.717, 1.165) is 21.5 Å². The molecule has 0 aliphatic heterocycles. The lowest BCUT2D eigenvalue weighted by atomic mass is 10.1. The van der Waals surface area contributed by atoms with E-state index in [1.807, 2.05) is 43.3 Å². The second-order valence-electron chi connectivity index (χ2n) is 3.85. The molecule has 0 fully saturated rings. The van der Waals surface area contributed by atoms with Crippen molar-refractivity contribution in [2.75, 3.05) is 0 Å². The Morgan fingerprint density at radius 2 is 2.12 bits per heavy atom. The van der Waals surface area contributed by atoms with Crippen LogP contribution in [0.25, 0.3) is 23.1 Å². The maximum Gasteiger partial charge on any atom is 0.123 e. The van der Waals surface area contributed by atoms with Crippen LogP contribution in [0.5, 0.6) is 0 Å². The van der Waals surface area contributed by atoms with Crippen LogP contribution in [0.1, 0.15) is 6.92 Å². The van der Waals surface area contributed by atoms with Crippen LogP contribution in [0.4, 0.5) is 0 Å². The van der Waals surface area contributed by atoms with Gasteiger partial charge in [-0.1, -0.05) is 36.9 Å². The van der Waals surface area contributed by atoms with E-state index in [4.69, 9.17) is 11.1 Å². The fraction of sp³-hybridized carbons (Fsp3) is 0.0714. The van der Waals surface area contributed by atoms with E-state index in [1.54, 1.807) is 0 Å². The molecule has 1 aromatic heterocycles. The van der Waals surface area contributed by atoms with Gasteiger partial charge >= 0.3 is 0 Å². The first-order valence-corrected chi connectivity index (χ1v) is 5.42. The number of hydrogen-bond acceptors (Lipinski definition) is 1. The topological polar surface area (TPSA) is 65.7 Å². The number of H-pyrrole nitrogens is 1. The average molecular weight is 225 g/mol. The van der Waals surface area contributed by atoms with Gasteiger partial charge in [0, 0.05) is 27.0 Å². The van der Waals surface area contributed by atoms with E-state index < -0.39 is 0 Å². The number of aromatic amines is 1. The highest BCUT2D eigenvalue weighted by molar-refractivity contribution is 6.19. The van der Waals surface area contributed by atoms with E-state index in [-0.39, 0.29) is 5.84 Å². The van der Waals surface area contributed by atoms with E-state index in [0.29, 0.717) is 5.57 Å². The number of allylic oxidation sites excluding steroid dienone is 1. The van der Waals surface area contributed by atoms with E-state index in [9.17, 15) is 0 Å². The third-order valence-electron chi connectivity index (χ3n) is 2.68. The van der Waals surface area contributed by atoms with Gasteiger partial charge in [-0.15, -0.1) is 0 Å². The van der Waals surface area contributed by atoms with Crippen LogP contribution in [0.3, 0.4) is 0 Å². The summed E-state index contributed by atoms with van der Waals surface area (Å²) in [7, 11) is 0. The van der Waals surface area contributed by atoms with Crippen molar-refractivity contribution in [1.82, 2.24) is 4.98 Å². The molecule has 2 aromatic rings. The number of nitrogens with one attached hydrogen (secondary N) is 2. The highest BCUT2D eigenvalue weighted by Crippen LogP contribution is 2.06. The number of fused-ring (bicyclic) bond motifs is 1. The maximum absolute atomic E-state index is 7.65. The van der Waals surface area contributed by atoms with Crippen LogP contribution in [0.2, 0.25) is 0 Å². The van der Waals surface area contributed by atoms with Crippen LogP contribution >= 0.6 is 0 Å². The Hall–Kier alpha value is -2.29. The molecule has 0 radical (unpaired) electrons. The third-order valence-corrected chi connectivity index (χ3v) is 2.68. The lowest BCUT2D eigenvalue weighted by Crippen LogP contribution is -2.28. The molecule has 3 heteroatoms. The molecule has 0 saturated heterocycles. The van der Waals surface area contributed by atoms with E-state index in [1.165, 1.54) is 0 Å². The van der Waals surface area contributed by atoms with E-state index >= 15 is 0 Å². The molecular weight excluding hydrogens is 210 g/mol. The van der Waals surface area contributed by atoms with Gasteiger partial charge in [0.2, 0.25) is 0 Å². The van der Waals surface area contributed by atoms with Gasteiger partial charge in [-0.3, -0.25) is 5.41 Å². The summed E-state index contributed by atoms with van der Waals surface area (Å²) in [5.41, 5.74) is 7.34. The van der Waals surface area contributed by atoms with Crippen molar-refractivity contribution in [3.8, 4) is 0 Å². The summed E-state index contributed by atoms with van der Waals surface area (Å²) in [4.78, 5) is 3.20. The number of para-hydroxylation sites is 1. The minimum absolute atomic E-state index is 0.0535. The first-order chi connectivity index (χ1) is 8.15. The van der Waals surface area contributed by atoms with Gasteiger partial charge in [-0.2, -0.15) is 0 Å². The minimum atomic E-state index is 0.0535. The predicted molar refractivity (Wildman–Crippen MR) is 73.2 cm³/mol. The molecule has 0 aliphatic rings. The van der Waals surface area contributed by atoms with Crippen LogP contribution in [-0.4, -0.2) is 10.8 Å². The van der Waals surface area contributed by atoms with Crippen molar-refractivity contribution in [3.63, 3.8) is 0 Å². The standard InChI is InChI=1S/C14H15N3/c1-3-6-11(14(15)16)13-9(2)17-12-8-5-4-7-10(12)13/h3-8,17H,2H2,1H3,(H3,15,16)/b6-3?,13-11-. The fourth-order valence-corrected chi connectivity index (χ4v) is 1.98. The van der Waals surface area contributed by atoms with Gasteiger partial charge in [-0.25, -0.2) is 0 Å². The van der Waals surface area contributed by atoms with Gasteiger partial charge in [0.05, 0.1) is 0 Å². The number of amidine groups is 1. The zero-order valence-corrected chi connectivity index (χ0v) is 9.75. The molecule has 0 aliphatic carbocycles. The van der Waals surface area contributed by atoms with Crippen molar-refractivity contribution in [2.24, 2.45) is 5.73 Å². The Labute approximate surface area is 99.5 Å². The third kappa shape index (κ3) is 1.87. The number of aromatic nitrogens is 1. The van der Waals surface area contributed by atoms with Crippen molar-refractivity contribution in [1.29, 1.82) is 5.41 Å². The van der Waals surface area contributed by atoms with Crippen molar-refractivity contribution in [3.05, 3.63) is 47.0 Å². The first kappa shape index (κ1) is 11.2. The van der Waals surface area contributed by atoms with Crippen molar-refractivity contribution in [2.45, 2.75) is 6.92 Å². The Balaban J connectivity index is 3.03. The Kier molecular flexibility index (Phi) is 2.83. The Morgan fingerprint density at radius 1 is 1.41 bits per heavy atom. The zero-order valence-electron chi connectivity index (χ0n) is 9.75. The zero-order chi connectivity index (χ0) is 12.4. The summed E-state index contributed by atoms with van der Waals surface area (Å²) < 4.78 is 0. The molecule has 0 saturated carbocycles. The molecule has 1 aromatic carbocycles. The molecule has 1 heterocycles. The quantitative estimate of drug-likeness (QED) is 0.522. The van der Waals surface area contributed by atoms with Gasteiger partial charge < -0.3 is 10.7 Å². The molecule has 2 rings (SSSR count). The fourth-order valence-electron chi connectivity index (χ4n) is 1.98. The summed E-state index contributed by atoms with van der Waals surface area (Å²) >= 11 is 0. The van der Waals surface area contributed by atoms with Crippen LogP contribution in [0.15, 0.2) is 36.4 Å². The summed E-state index contributed by atoms with van der Waals surface area (Å²) in [6, 6.07) is 7.92. The number of hydrogen-bond donors (Lipinski definition) is 3. The highest BCUT2D eigenvalue weighted by atomic mass is 14.7. The normalized spacial score (nSPS) is 13.2. The number of benzene rings is 1. The molecule has 0 bridgehead atoms. The molecule has 86 valence electrons. The van der Waals surface area contributed by atoms with Gasteiger partial charge in [0.25, 0.3) is 0 Å². The molecule has 0 unspecified atom stereocenters. The van der Waals surface area contributed by atoms with Crippen LogP contribution in [0, 0.1) is 5.41 Å². The maximum atomic E-state index is 7.65. The summed E-state index contributed by atoms with van der Waals surface area (Å²) in [6.45, 7) is 5.88. The second kappa shape index (κ2) is 4.29. The molecule has 0 atom stereocenters. The summed E-state index contributed by atoms with van der Waals surface area (Å²) in [5, 5.41) is 10.4. The highest BCUT2D eigenvalue weighted by Gasteiger charge is 2.04. The predicted octanol–water partition coefficient (Wildman–Crippen LogP) is 1.24. The van der Waals surface area contributed by atoms with Gasteiger partial charge in [-0.05, 0) is 13.0 Å². The lowest BCUT2D eigenvalue weighted by molar-refractivity contribution is 1.36. The van der Waals surface area contributed by atoms with E-state index in [2.05, 4.69) is 11.6 Å². The molecule has 3 nitrogen and oxygen atoms in total. The summed E-state index contributed by atoms with van der Waals surface area (Å²) in [5.74, 6) is 0.0535. The second-order valence-corrected chi connectivity index (χ2v) is 3.85. The first-order valence-electron chi connectivity index (χ1n) is 5.42. The van der Waals surface area contributed by atoms with Crippen molar-refractivity contribution < 1.29 is 0 Å². The number of nitrogens with two attached hydrogens (primary N) is 1. The van der Waals surface area contributed by atoms with Crippen LogP contribution in [-0.2, 0) is 0 Å². The SMILES string of the molecule is C=c1[nH]c2ccccc2/c1=C(/C=CC)C(=N)N. The monoisotopic (exact) mass is 225 g/mol. The smallest absolute Gasteiger partial charge is 0.123 e. The van der Waals surface area contributed by atoms with Crippen molar-refractivity contribution >= 4 is 28.9 Å². The van der Waals surface area contributed by atoms with Crippen LogP contribution < -0.4 is 16.3 Å². The minimum Gasteiger partial charge on any atom is -0.384 e. The van der Waals surface area contributed by atoms with Gasteiger partial charge in [0.15, 0.2) is 0 Å². The molecule has 0 amide bonds. The average Bonchev–Trinajstić information content (AvgIpc) is 2.62. The van der Waals surface area contributed by atoms with Gasteiger partial charge in [0.1, 0.15) is 5.84 Å². The molecular formula is C14H15N3. The number of rotatable bonds is 2. The largest absolute Gasteiger partial charge is 0.384 e. The molecule has 17 heavy (non-hydrogen) atoms. The molecule has 4 N–H and O–H groups in total. The Morgan fingerprint density at radius 3 is 2.76 bits per heavy atom. The Bertz CT molecular complexity index is 705. The molecule has 0 spiro atoms.